The van der Waals surface area contributed by atoms with Crippen LogP contribution in [0.3, 0.4) is 0 Å². The van der Waals surface area contributed by atoms with Gasteiger partial charge in [0.15, 0.2) is 0 Å². The summed E-state index contributed by atoms with van der Waals surface area (Å²) >= 11 is 0. The van der Waals surface area contributed by atoms with Gasteiger partial charge in [-0.15, -0.1) is 0 Å². The lowest BCUT2D eigenvalue weighted by molar-refractivity contribution is 0.0648. The van der Waals surface area contributed by atoms with E-state index in [9.17, 15) is 13.6 Å². The number of aromatic nitrogens is 3. The van der Waals surface area contributed by atoms with Crippen molar-refractivity contribution in [2.75, 3.05) is 19.7 Å². The van der Waals surface area contributed by atoms with Crippen LogP contribution in [0.5, 0.6) is 5.88 Å². The summed E-state index contributed by atoms with van der Waals surface area (Å²) in [6.07, 6.45) is 1.48. The van der Waals surface area contributed by atoms with Crippen LogP contribution in [0.15, 0.2) is 24.5 Å². The Hall–Kier alpha value is -3.02. The first-order chi connectivity index (χ1) is 13.0. The molecule has 9 heteroatoms. The number of aryl methyl sites for hydroxylation is 1. The Labute approximate surface area is 155 Å². The van der Waals surface area contributed by atoms with Gasteiger partial charge in [0, 0.05) is 38.6 Å². The van der Waals surface area contributed by atoms with E-state index in [1.165, 1.54) is 24.1 Å². The van der Waals surface area contributed by atoms with Crippen LogP contribution in [0.2, 0.25) is 0 Å². The fourth-order valence-electron chi connectivity index (χ4n) is 3.07. The normalized spacial score (nSPS) is 15.0. The zero-order chi connectivity index (χ0) is 19.4. The number of likely N-dealkylation sites (tertiary alicyclic amines) is 1. The number of amides is 1. The average Bonchev–Trinajstić information content (AvgIpc) is 3.08. The third kappa shape index (κ3) is 4.39. The number of nitriles is 1. The average molecular weight is 375 g/mol. The molecule has 3 heterocycles. The third-order valence-electron chi connectivity index (χ3n) is 4.53. The van der Waals surface area contributed by atoms with Crippen LogP contribution in [0.25, 0.3) is 0 Å². The molecule has 0 radical (unpaired) electrons. The number of hydrogen-bond donors (Lipinski definition) is 0. The minimum atomic E-state index is -2.78. The van der Waals surface area contributed by atoms with Crippen LogP contribution in [0.4, 0.5) is 8.78 Å². The fraction of sp³-hybridized carbons (Fsp3) is 0.444. The number of ether oxygens (including phenoxy) is 1. The summed E-state index contributed by atoms with van der Waals surface area (Å²) in [5.74, 6) is 0.204. The number of rotatable bonds is 5. The molecular formula is C18H19F2N5O2. The Kier molecular flexibility index (Phi) is 5.64. The summed E-state index contributed by atoms with van der Waals surface area (Å²) in [5.41, 5.74) is -0.0390. The highest BCUT2D eigenvalue weighted by molar-refractivity contribution is 5.95. The highest BCUT2D eigenvalue weighted by atomic mass is 19.3. The zero-order valence-electron chi connectivity index (χ0n) is 14.8. The zero-order valence-corrected chi connectivity index (χ0v) is 14.8. The Morgan fingerprint density at radius 1 is 1.44 bits per heavy atom. The van der Waals surface area contributed by atoms with E-state index in [0.29, 0.717) is 44.0 Å². The summed E-state index contributed by atoms with van der Waals surface area (Å²) < 4.78 is 33.0. The molecule has 0 spiro atoms. The van der Waals surface area contributed by atoms with Crippen molar-refractivity contribution in [3.8, 4) is 11.9 Å². The molecule has 27 heavy (non-hydrogen) atoms. The van der Waals surface area contributed by atoms with Crippen molar-refractivity contribution in [2.24, 2.45) is 13.0 Å². The van der Waals surface area contributed by atoms with Gasteiger partial charge in [0.25, 0.3) is 12.3 Å². The first-order valence-corrected chi connectivity index (χ1v) is 8.58. The van der Waals surface area contributed by atoms with Crippen molar-refractivity contribution in [1.29, 1.82) is 5.26 Å². The maximum absolute atomic E-state index is 13.1. The molecule has 0 aliphatic carbocycles. The first kappa shape index (κ1) is 18.8. The SMILES string of the molecule is Cn1cc(C(=O)N2CCC(COc3cc(C#N)ccn3)CC2)c(C(F)F)n1. The summed E-state index contributed by atoms with van der Waals surface area (Å²) in [6.45, 7) is 1.37. The van der Waals surface area contributed by atoms with Crippen molar-refractivity contribution >= 4 is 5.91 Å². The molecule has 1 fully saturated rings. The Morgan fingerprint density at radius 2 is 2.19 bits per heavy atom. The van der Waals surface area contributed by atoms with E-state index in [-0.39, 0.29) is 11.5 Å². The molecule has 2 aromatic rings. The number of nitrogens with zero attached hydrogens (tertiary/aromatic N) is 5. The van der Waals surface area contributed by atoms with Gasteiger partial charge < -0.3 is 9.64 Å². The maximum Gasteiger partial charge on any atom is 0.282 e. The van der Waals surface area contributed by atoms with Gasteiger partial charge >= 0.3 is 0 Å². The minimum Gasteiger partial charge on any atom is -0.477 e. The number of pyridine rings is 1. The van der Waals surface area contributed by atoms with Crippen LogP contribution >= 0.6 is 0 Å². The highest BCUT2D eigenvalue weighted by Crippen LogP contribution is 2.25. The monoisotopic (exact) mass is 375 g/mol. The van der Waals surface area contributed by atoms with Crippen molar-refractivity contribution in [1.82, 2.24) is 19.7 Å². The standard InChI is InChI=1S/C18H19F2N5O2/c1-24-10-14(16(23-24)17(19)20)18(26)25-6-3-12(4-7-25)11-27-15-8-13(9-21)2-5-22-15/h2,5,8,10,12,17H,3-4,6-7,11H2,1H3. The molecule has 1 aliphatic rings. The smallest absolute Gasteiger partial charge is 0.282 e. The molecule has 3 rings (SSSR count). The Morgan fingerprint density at radius 3 is 2.85 bits per heavy atom. The Balaban J connectivity index is 1.54. The number of carbonyl (C=O) groups is 1. The van der Waals surface area contributed by atoms with Crippen LogP contribution in [0.1, 0.15) is 40.9 Å². The molecule has 0 bridgehead atoms. The fourth-order valence-corrected chi connectivity index (χ4v) is 3.07. The van der Waals surface area contributed by atoms with Crippen LogP contribution in [-0.2, 0) is 7.05 Å². The summed E-state index contributed by atoms with van der Waals surface area (Å²) in [6, 6.07) is 5.21. The number of alkyl halides is 2. The molecule has 7 nitrogen and oxygen atoms in total. The van der Waals surface area contributed by atoms with E-state index in [2.05, 4.69) is 10.1 Å². The molecule has 1 aliphatic heterocycles. The predicted molar refractivity (Wildman–Crippen MR) is 91.2 cm³/mol. The van der Waals surface area contributed by atoms with Gasteiger partial charge in [0.2, 0.25) is 5.88 Å². The molecule has 142 valence electrons. The quantitative estimate of drug-likeness (QED) is 0.802. The minimum absolute atomic E-state index is 0.0419. The second-order valence-electron chi connectivity index (χ2n) is 6.44. The van der Waals surface area contributed by atoms with E-state index in [0.717, 1.165) is 0 Å². The van der Waals surface area contributed by atoms with E-state index >= 15 is 0 Å². The molecule has 0 N–H and O–H groups in total. The van der Waals surface area contributed by atoms with Gasteiger partial charge in [-0.2, -0.15) is 10.4 Å². The predicted octanol–water partition coefficient (Wildman–Crippen LogP) is 2.56. The first-order valence-electron chi connectivity index (χ1n) is 8.58. The Bertz CT molecular complexity index is 854. The lowest BCUT2D eigenvalue weighted by atomic mass is 9.97. The molecule has 0 saturated carbocycles. The van der Waals surface area contributed by atoms with E-state index in [4.69, 9.17) is 10.00 Å². The summed E-state index contributed by atoms with van der Waals surface area (Å²) in [4.78, 5) is 18.2. The van der Waals surface area contributed by atoms with Gasteiger partial charge in [0.05, 0.1) is 23.8 Å². The number of halogens is 2. The lowest BCUT2D eigenvalue weighted by Crippen LogP contribution is -2.40. The molecular weight excluding hydrogens is 356 g/mol. The number of carbonyl (C=O) groups excluding carboxylic acids is 1. The number of hydrogen-bond acceptors (Lipinski definition) is 5. The van der Waals surface area contributed by atoms with Crippen molar-refractivity contribution < 1.29 is 18.3 Å². The van der Waals surface area contributed by atoms with E-state index in [1.54, 1.807) is 17.0 Å². The lowest BCUT2D eigenvalue weighted by Gasteiger charge is -2.31. The largest absolute Gasteiger partial charge is 0.477 e. The van der Waals surface area contributed by atoms with Crippen LogP contribution in [0, 0.1) is 17.2 Å². The van der Waals surface area contributed by atoms with Gasteiger partial charge in [-0.25, -0.2) is 13.8 Å². The van der Waals surface area contributed by atoms with Gasteiger partial charge in [-0.1, -0.05) is 0 Å². The second kappa shape index (κ2) is 8.12. The highest BCUT2D eigenvalue weighted by Gasteiger charge is 2.29. The van der Waals surface area contributed by atoms with Gasteiger partial charge in [-0.3, -0.25) is 9.48 Å². The van der Waals surface area contributed by atoms with Crippen LogP contribution in [-0.4, -0.2) is 45.3 Å². The molecule has 1 amide bonds. The summed E-state index contributed by atoms with van der Waals surface area (Å²) in [7, 11) is 1.52. The summed E-state index contributed by atoms with van der Waals surface area (Å²) in [5, 5.41) is 12.6. The van der Waals surface area contributed by atoms with E-state index in [1.807, 2.05) is 6.07 Å². The second-order valence-corrected chi connectivity index (χ2v) is 6.44. The van der Waals surface area contributed by atoms with Crippen molar-refractivity contribution in [3.05, 3.63) is 41.3 Å². The van der Waals surface area contributed by atoms with E-state index < -0.39 is 18.0 Å². The van der Waals surface area contributed by atoms with Crippen molar-refractivity contribution in [2.45, 2.75) is 19.3 Å². The van der Waals surface area contributed by atoms with Crippen LogP contribution < -0.4 is 4.74 Å². The maximum atomic E-state index is 13.1. The molecule has 0 aromatic carbocycles. The topological polar surface area (TPSA) is 84.0 Å². The molecule has 2 aromatic heterocycles. The van der Waals surface area contributed by atoms with Gasteiger partial charge in [0.1, 0.15) is 5.69 Å². The number of piperidine rings is 1. The third-order valence-corrected chi connectivity index (χ3v) is 4.53. The van der Waals surface area contributed by atoms with Gasteiger partial charge in [-0.05, 0) is 24.8 Å². The molecule has 0 unspecified atom stereocenters. The van der Waals surface area contributed by atoms with Crippen molar-refractivity contribution in [3.63, 3.8) is 0 Å². The molecule has 0 atom stereocenters. The molecule has 1 saturated heterocycles.